The van der Waals surface area contributed by atoms with E-state index >= 15 is 0 Å². The minimum atomic E-state index is 0.146. The molecule has 1 unspecified atom stereocenters. The fourth-order valence-electron chi connectivity index (χ4n) is 1.68. The number of hydrogen-bond donors (Lipinski definition) is 0. The van der Waals surface area contributed by atoms with Gasteiger partial charge in [-0.05, 0) is 18.8 Å². The molecular weight excluding hydrogens is 172 g/mol. The van der Waals surface area contributed by atoms with Crippen molar-refractivity contribution in [1.82, 2.24) is 4.90 Å². The first-order valence-corrected chi connectivity index (χ1v) is 5.57. The molecule has 0 spiro atoms. The van der Waals surface area contributed by atoms with E-state index in [-0.39, 0.29) is 5.92 Å². The Labute approximate surface area is 88.9 Å². The molecule has 0 aliphatic heterocycles. The molecule has 0 radical (unpaired) electrons. The van der Waals surface area contributed by atoms with Gasteiger partial charge in [0.2, 0.25) is 0 Å². The van der Waals surface area contributed by atoms with Crippen LogP contribution >= 0.6 is 0 Å². The number of hydrogen-bond acceptors (Lipinski definition) is 2. The molecule has 0 bridgehead atoms. The van der Waals surface area contributed by atoms with Crippen molar-refractivity contribution < 1.29 is 0 Å². The minimum Gasteiger partial charge on any atom is -0.302 e. The Morgan fingerprint density at radius 1 is 0.929 bits per heavy atom. The van der Waals surface area contributed by atoms with Crippen LogP contribution in [0.2, 0.25) is 0 Å². The Bertz CT molecular complexity index is 169. The lowest BCUT2D eigenvalue weighted by molar-refractivity contribution is 0.206. The van der Waals surface area contributed by atoms with Crippen molar-refractivity contribution >= 4 is 0 Å². The first-order chi connectivity index (χ1) is 6.45. The maximum absolute atomic E-state index is 8.78. The largest absolute Gasteiger partial charge is 0.302 e. The molecule has 0 aliphatic carbocycles. The van der Waals surface area contributed by atoms with Gasteiger partial charge in [-0.25, -0.2) is 0 Å². The summed E-state index contributed by atoms with van der Waals surface area (Å²) in [6.07, 6.45) is 0. The molecule has 0 saturated heterocycles. The zero-order chi connectivity index (χ0) is 11.1. The summed E-state index contributed by atoms with van der Waals surface area (Å²) in [6, 6.07) is 2.30. The highest BCUT2D eigenvalue weighted by Crippen LogP contribution is 2.06. The van der Waals surface area contributed by atoms with Gasteiger partial charge >= 0.3 is 0 Å². The second kappa shape index (κ2) is 6.84. The SMILES string of the molecule is CC(C)CN(CC(C)C)CC(C)C#N. The van der Waals surface area contributed by atoms with Crippen molar-refractivity contribution in [3.8, 4) is 6.07 Å². The van der Waals surface area contributed by atoms with Crippen LogP contribution in [-0.4, -0.2) is 24.5 Å². The van der Waals surface area contributed by atoms with Gasteiger partial charge in [-0.3, -0.25) is 0 Å². The molecule has 2 heteroatoms. The smallest absolute Gasteiger partial charge is 0.0666 e. The van der Waals surface area contributed by atoms with Gasteiger partial charge < -0.3 is 4.90 Å². The molecule has 2 nitrogen and oxygen atoms in total. The quantitative estimate of drug-likeness (QED) is 0.653. The molecule has 14 heavy (non-hydrogen) atoms. The maximum atomic E-state index is 8.78. The zero-order valence-electron chi connectivity index (χ0n) is 10.2. The van der Waals surface area contributed by atoms with Crippen LogP contribution in [0.15, 0.2) is 0 Å². The molecule has 0 aromatic rings. The second-order valence-electron chi connectivity index (χ2n) is 5.04. The molecule has 0 aliphatic rings. The second-order valence-corrected chi connectivity index (χ2v) is 5.04. The molecule has 0 fully saturated rings. The Balaban J connectivity index is 4.04. The monoisotopic (exact) mass is 196 g/mol. The zero-order valence-corrected chi connectivity index (χ0v) is 10.2. The normalized spacial score (nSPS) is 13.6. The van der Waals surface area contributed by atoms with Crippen LogP contribution in [0.3, 0.4) is 0 Å². The summed E-state index contributed by atoms with van der Waals surface area (Å²) >= 11 is 0. The van der Waals surface area contributed by atoms with Gasteiger partial charge in [0, 0.05) is 19.6 Å². The highest BCUT2D eigenvalue weighted by atomic mass is 15.1. The van der Waals surface area contributed by atoms with Crippen LogP contribution in [0.4, 0.5) is 0 Å². The summed E-state index contributed by atoms with van der Waals surface area (Å²) in [5.41, 5.74) is 0. The summed E-state index contributed by atoms with van der Waals surface area (Å²) in [6.45, 7) is 14.0. The Hall–Kier alpha value is -0.550. The molecule has 0 heterocycles. The van der Waals surface area contributed by atoms with Crippen LogP contribution < -0.4 is 0 Å². The van der Waals surface area contributed by atoms with Crippen molar-refractivity contribution in [2.75, 3.05) is 19.6 Å². The van der Waals surface area contributed by atoms with E-state index in [1.807, 2.05) is 6.92 Å². The van der Waals surface area contributed by atoms with E-state index < -0.39 is 0 Å². The fraction of sp³-hybridized carbons (Fsp3) is 0.917. The summed E-state index contributed by atoms with van der Waals surface area (Å²) in [5, 5.41) is 8.78. The van der Waals surface area contributed by atoms with Crippen molar-refractivity contribution in [2.24, 2.45) is 17.8 Å². The first-order valence-electron chi connectivity index (χ1n) is 5.57. The number of nitrogens with zero attached hydrogens (tertiary/aromatic N) is 2. The van der Waals surface area contributed by atoms with Gasteiger partial charge in [0.15, 0.2) is 0 Å². The Morgan fingerprint density at radius 2 is 1.36 bits per heavy atom. The fourth-order valence-corrected chi connectivity index (χ4v) is 1.68. The molecular formula is C12H24N2. The van der Waals surface area contributed by atoms with E-state index in [9.17, 15) is 0 Å². The van der Waals surface area contributed by atoms with E-state index in [4.69, 9.17) is 5.26 Å². The first kappa shape index (κ1) is 13.4. The molecule has 1 atom stereocenters. The van der Waals surface area contributed by atoms with Crippen LogP contribution in [0.25, 0.3) is 0 Å². The van der Waals surface area contributed by atoms with Crippen LogP contribution in [0, 0.1) is 29.1 Å². The minimum absolute atomic E-state index is 0.146. The van der Waals surface area contributed by atoms with Gasteiger partial charge in [0.05, 0.1) is 12.0 Å². The maximum Gasteiger partial charge on any atom is 0.0666 e. The summed E-state index contributed by atoms with van der Waals surface area (Å²) in [7, 11) is 0. The van der Waals surface area contributed by atoms with E-state index in [1.54, 1.807) is 0 Å². The average Bonchev–Trinajstić information content (AvgIpc) is 2.01. The molecule has 0 saturated carbocycles. The molecule has 0 aromatic heterocycles. The molecule has 0 N–H and O–H groups in total. The third kappa shape index (κ3) is 6.91. The molecule has 0 amide bonds. The van der Waals surface area contributed by atoms with Crippen LogP contribution in [0.1, 0.15) is 34.6 Å². The topological polar surface area (TPSA) is 27.0 Å². The van der Waals surface area contributed by atoms with Crippen molar-refractivity contribution in [3.63, 3.8) is 0 Å². The van der Waals surface area contributed by atoms with Gasteiger partial charge in [-0.1, -0.05) is 27.7 Å². The average molecular weight is 196 g/mol. The summed E-state index contributed by atoms with van der Waals surface area (Å²) in [4.78, 5) is 2.41. The molecule has 0 rings (SSSR count). The third-order valence-electron chi connectivity index (χ3n) is 2.00. The standard InChI is InChI=1S/C12H24N2/c1-10(2)7-14(8-11(3)4)9-12(5)6-13/h10-12H,7-9H2,1-5H3. The Kier molecular flexibility index (Phi) is 6.57. The lowest BCUT2D eigenvalue weighted by Gasteiger charge is -2.26. The van der Waals surface area contributed by atoms with Gasteiger partial charge in [-0.2, -0.15) is 5.26 Å². The van der Waals surface area contributed by atoms with Crippen molar-refractivity contribution in [2.45, 2.75) is 34.6 Å². The Morgan fingerprint density at radius 3 is 1.64 bits per heavy atom. The van der Waals surface area contributed by atoms with E-state index in [2.05, 4.69) is 38.7 Å². The summed E-state index contributed by atoms with van der Waals surface area (Å²) in [5.74, 6) is 1.51. The van der Waals surface area contributed by atoms with Crippen molar-refractivity contribution in [3.05, 3.63) is 0 Å². The highest BCUT2D eigenvalue weighted by Gasteiger charge is 2.12. The van der Waals surface area contributed by atoms with E-state index in [0.29, 0.717) is 11.8 Å². The van der Waals surface area contributed by atoms with Gasteiger partial charge in [0.25, 0.3) is 0 Å². The predicted molar refractivity (Wildman–Crippen MR) is 60.9 cm³/mol. The number of rotatable bonds is 6. The number of nitriles is 1. The van der Waals surface area contributed by atoms with Crippen molar-refractivity contribution in [1.29, 1.82) is 5.26 Å². The third-order valence-corrected chi connectivity index (χ3v) is 2.00. The van der Waals surface area contributed by atoms with Gasteiger partial charge in [0.1, 0.15) is 0 Å². The lowest BCUT2D eigenvalue weighted by atomic mass is 10.1. The summed E-state index contributed by atoms with van der Waals surface area (Å²) < 4.78 is 0. The highest BCUT2D eigenvalue weighted by molar-refractivity contribution is 4.81. The lowest BCUT2D eigenvalue weighted by Crippen LogP contribution is -2.34. The van der Waals surface area contributed by atoms with E-state index in [0.717, 1.165) is 19.6 Å². The molecule has 82 valence electrons. The van der Waals surface area contributed by atoms with Crippen LogP contribution in [-0.2, 0) is 0 Å². The predicted octanol–water partition coefficient (Wildman–Crippen LogP) is 2.76. The molecule has 0 aromatic carbocycles. The van der Waals surface area contributed by atoms with Gasteiger partial charge in [-0.15, -0.1) is 0 Å². The van der Waals surface area contributed by atoms with E-state index in [1.165, 1.54) is 0 Å². The van der Waals surface area contributed by atoms with Crippen LogP contribution in [0.5, 0.6) is 0 Å².